The van der Waals surface area contributed by atoms with Crippen LogP contribution in [0.2, 0.25) is 0 Å². The van der Waals surface area contributed by atoms with E-state index < -0.39 is 0 Å². The van der Waals surface area contributed by atoms with Crippen LogP contribution in [0.3, 0.4) is 0 Å². The molecule has 2 rings (SSSR count). The molecule has 1 heterocycles. The lowest BCUT2D eigenvalue weighted by molar-refractivity contribution is -0.121. The molecule has 1 aliphatic rings. The number of carbonyl (C=O) groups is 1. The van der Waals surface area contributed by atoms with Crippen molar-refractivity contribution >= 4 is 40.3 Å². The standard InChI is InChI=1S/C17H19NO2S2/c1-4-10-18-16(19)15(22-17(18)21)11-13-8-6-7-9-14(13)20-12(3)5-2/h4,6-9,11-12H,1,5,10H2,2-3H3/b15-11-/t12-/m0/s1. The van der Waals surface area contributed by atoms with E-state index in [0.717, 1.165) is 17.7 Å². The van der Waals surface area contributed by atoms with E-state index in [1.807, 2.05) is 37.3 Å². The molecule has 22 heavy (non-hydrogen) atoms. The maximum Gasteiger partial charge on any atom is 0.266 e. The summed E-state index contributed by atoms with van der Waals surface area (Å²) in [6.07, 6.45) is 4.58. The van der Waals surface area contributed by atoms with Gasteiger partial charge < -0.3 is 4.74 Å². The van der Waals surface area contributed by atoms with Crippen molar-refractivity contribution in [3.05, 3.63) is 47.4 Å². The average Bonchev–Trinajstić information content (AvgIpc) is 2.77. The maximum atomic E-state index is 12.4. The third kappa shape index (κ3) is 3.78. The number of thiocarbonyl (C=S) groups is 1. The number of para-hydroxylation sites is 1. The molecule has 1 aromatic rings. The second kappa shape index (κ2) is 7.61. The Labute approximate surface area is 141 Å². The summed E-state index contributed by atoms with van der Waals surface area (Å²) in [6.45, 7) is 8.20. The number of rotatable bonds is 6. The summed E-state index contributed by atoms with van der Waals surface area (Å²) in [4.78, 5) is 14.5. The lowest BCUT2D eigenvalue weighted by Gasteiger charge is -2.14. The molecule has 0 unspecified atom stereocenters. The minimum absolute atomic E-state index is 0.0757. The highest BCUT2D eigenvalue weighted by Crippen LogP contribution is 2.34. The number of thioether (sulfide) groups is 1. The molecule has 0 saturated carbocycles. The monoisotopic (exact) mass is 333 g/mol. The fraction of sp³-hybridized carbons (Fsp3) is 0.294. The summed E-state index contributed by atoms with van der Waals surface area (Å²) in [5.41, 5.74) is 0.891. The fourth-order valence-electron chi connectivity index (χ4n) is 1.93. The van der Waals surface area contributed by atoms with E-state index in [2.05, 4.69) is 13.5 Å². The van der Waals surface area contributed by atoms with Crippen molar-refractivity contribution in [1.29, 1.82) is 0 Å². The quantitative estimate of drug-likeness (QED) is 0.442. The highest BCUT2D eigenvalue weighted by atomic mass is 32.2. The zero-order chi connectivity index (χ0) is 16.1. The second-order valence-electron chi connectivity index (χ2n) is 4.96. The second-order valence-corrected chi connectivity index (χ2v) is 6.63. The number of carbonyl (C=O) groups excluding carboxylic acids is 1. The number of nitrogens with zero attached hydrogens (tertiary/aromatic N) is 1. The van der Waals surface area contributed by atoms with Gasteiger partial charge in [-0.2, -0.15) is 0 Å². The van der Waals surface area contributed by atoms with Crippen molar-refractivity contribution in [2.45, 2.75) is 26.4 Å². The van der Waals surface area contributed by atoms with E-state index in [-0.39, 0.29) is 12.0 Å². The minimum Gasteiger partial charge on any atom is -0.490 e. The van der Waals surface area contributed by atoms with Gasteiger partial charge in [0.15, 0.2) is 0 Å². The van der Waals surface area contributed by atoms with Crippen LogP contribution in [0.5, 0.6) is 5.75 Å². The molecule has 5 heteroatoms. The van der Waals surface area contributed by atoms with Crippen LogP contribution in [0.4, 0.5) is 0 Å². The molecule has 1 aliphatic heterocycles. The highest BCUT2D eigenvalue weighted by molar-refractivity contribution is 8.26. The third-order valence-corrected chi connectivity index (χ3v) is 4.67. The first-order chi connectivity index (χ1) is 10.6. The summed E-state index contributed by atoms with van der Waals surface area (Å²) >= 11 is 6.56. The Bertz CT molecular complexity index is 625. The van der Waals surface area contributed by atoms with Gasteiger partial charge >= 0.3 is 0 Å². The maximum absolute atomic E-state index is 12.4. The van der Waals surface area contributed by atoms with Crippen LogP contribution in [0.1, 0.15) is 25.8 Å². The molecular formula is C17H19NO2S2. The van der Waals surface area contributed by atoms with Crippen LogP contribution in [0.15, 0.2) is 41.8 Å². The van der Waals surface area contributed by atoms with Gasteiger partial charge in [-0.05, 0) is 25.5 Å². The summed E-state index contributed by atoms with van der Waals surface area (Å²) in [5.74, 6) is 0.707. The first-order valence-corrected chi connectivity index (χ1v) is 8.41. The van der Waals surface area contributed by atoms with Gasteiger partial charge in [-0.1, -0.05) is 55.2 Å². The Hall–Kier alpha value is -1.59. The predicted octanol–water partition coefficient (Wildman–Crippen LogP) is 4.25. The lowest BCUT2D eigenvalue weighted by Crippen LogP contribution is -2.27. The van der Waals surface area contributed by atoms with Gasteiger partial charge in [0.05, 0.1) is 11.0 Å². The van der Waals surface area contributed by atoms with E-state index in [1.165, 1.54) is 11.8 Å². The van der Waals surface area contributed by atoms with E-state index in [1.54, 1.807) is 11.0 Å². The first kappa shape index (κ1) is 16.8. The highest BCUT2D eigenvalue weighted by Gasteiger charge is 2.31. The Morgan fingerprint density at radius 3 is 2.86 bits per heavy atom. The van der Waals surface area contributed by atoms with Gasteiger partial charge in [-0.15, -0.1) is 6.58 Å². The Morgan fingerprint density at radius 1 is 1.45 bits per heavy atom. The molecule has 3 nitrogen and oxygen atoms in total. The van der Waals surface area contributed by atoms with Crippen molar-refractivity contribution in [2.24, 2.45) is 0 Å². The van der Waals surface area contributed by atoms with Crippen LogP contribution < -0.4 is 4.74 Å². The van der Waals surface area contributed by atoms with Gasteiger partial charge in [0, 0.05) is 12.1 Å². The lowest BCUT2D eigenvalue weighted by atomic mass is 10.1. The van der Waals surface area contributed by atoms with Gasteiger partial charge in [-0.25, -0.2) is 0 Å². The number of ether oxygens (including phenoxy) is 1. The smallest absolute Gasteiger partial charge is 0.266 e. The van der Waals surface area contributed by atoms with E-state index in [9.17, 15) is 4.79 Å². The molecule has 1 atom stereocenters. The topological polar surface area (TPSA) is 29.5 Å². The fourth-order valence-corrected chi connectivity index (χ4v) is 3.20. The molecule has 0 N–H and O–H groups in total. The minimum atomic E-state index is -0.0757. The van der Waals surface area contributed by atoms with Crippen LogP contribution in [0.25, 0.3) is 6.08 Å². The van der Waals surface area contributed by atoms with E-state index >= 15 is 0 Å². The van der Waals surface area contributed by atoms with Crippen LogP contribution in [0, 0.1) is 0 Å². The van der Waals surface area contributed by atoms with Crippen molar-refractivity contribution in [3.8, 4) is 5.75 Å². The van der Waals surface area contributed by atoms with Gasteiger partial charge in [0.1, 0.15) is 10.1 Å². The first-order valence-electron chi connectivity index (χ1n) is 7.18. The van der Waals surface area contributed by atoms with E-state index in [4.69, 9.17) is 17.0 Å². The van der Waals surface area contributed by atoms with Crippen LogP contribution >= 0.6 is 24.0 Å². The van der Waals surface area contributed by atoms with Gasteiger partial charge in [0.25, 0.3) is 5.91 Å². The molecule has 0 aliphatic carbocycles. The largest absolute Gasteiger partial charge is 0.490 e. The van der Waals surface area contributed by atoms with Crippen molar-refractivity contribution in [3.63, 3.8) is 0 Å². The van der Waals surface area contributed by atoms with Crippen LogP contribution in [-0.2, 0) is 4.79 Å². The zero-order valence-corrected chi connectivity index (χ0v) is 14.4. The van der Waals surface area contributed by atoms with E-state index in [0.29, 0.717) is 15.8 Å². The molecule has 1 amide bonds. The number of hydrogen-bond donors (Lipinski definition) is 0. The SMILES string of the molecule is C=CCN1C(=O)/C(=C/c2ccccc2O[C@@H](C)CC)SC1=S. The zero-order valence-electron chi connectivity index (χ0n) is 12.7. The van der Waals surface area contributed by atoms with Gasteiger partial charge in [0.2, 0.25) is 0 Å². The van der Waals surface area contributed by atoms with Crippen LogP contribution in [-0.4, -0.2) is 27.8 Å². The number of hydrogen-bond acceptors (Lipinski definition) is 4. The molecule has 0 spiro atoms. The summed E-state index contributed by atoms with van der Waals surface area (Å²) in [7, 11) is 0. The summed E-state index contributed by atoms with van der Waals surface area (Å²) < 4.78 is 6.48. The van der Waals surface area contributed by atoms with Crippen molar-refractivity contribution in [2.75, 3.05) is 6.54 Å². The Kier molecular flexibility index (Phi) is 5.80. The average molecular weight is 333 g/mol. The molecule has 0 bridgehead atoms. The third-order valence-electron chi connectivity index (χ3n) is 3.29. The number of amides is 1. The molecule has 1 fully saturated rings. The normalized spacial score (nSPS) is 17.9. The number of benzene rings is 1. The van der Waals surface area contributed by atoms with Crippen molar-refractivity contribution in [1.82, 2.24) is 4.90 Å². The molecule has 116 valence electrons. The molecular weight excluding hydrogens is 314 g/mol. The van der Waals surface area contributed by atoms with Gasteiger partial charge in [-0.3, -0.25) is 9.69 Å². The predicted molar refractivity (Wildman–Crippen MR) is 96.9 cm³/mol. The summed E-state index contributed by atoms with van der Waals surface area (Å²) in [6, 6.07) is 7.72. The summed E-state index contributed by atoms with van der Waals surface area (Å²) in [5, 5.41) is 0. The van der Waals surface area contributed by atoms with Crippen molar-refractivity contribution < 1.29 is 9.53 Å². The molecule has 0 aromatic heterocycles. The Morgan fingerprint density at radius 2 is 2.18 bits per heavy atom. The Balaban J connectivity index is 2.28. The molecule has 0 radical (unpaired) electrons. The molecule has 1 saturated heterocycles. The molecule has 1 aromatic carbocycles.